The van der Waals surface area contributed by atoms with Crippen LogP contribution >= 0.6 is 0 Å². The molecule has 0 aliphatic carbocycles. The van der Waals surface area contributed by atoms with E-state index in [2.05, 4.69) is 38.1 Å². The zero-order valence-corrected chi connectivity index (χ0v) is 17.8. The Labute approximate surface area is 187 Å². The van der Waals surface area contributed by atoms with Gasteiger partial charge in [0.2, 0.25) is 0 Å². The maximum absolute atomic E-state index is 14.0. The van der Waals surface area contributed by atoms with Crippen LogP contribution < -0.4 is 9.64 Å². The Morgan fingerprint density at radius 3 is 2.67 bits per heavy atom. The average molecular weight is 443 g/mol. The standard InChI is InChI=1S/C25H19F2N5O/c1-14-30-21-4-2-16(9-23(21)31-14)15-3-5-24-17(8-15)12-32(6-7-33-24)25-18-10-19(26)20(27)11-22(18)28-13-29-25/h2-5,8-11,13H,6-7,12H2,1H3,(H,30,31). The fraction of sp³-hybridized carbons (Fsp3) is 0.160. The summed E-state index contributed by atoms with van der Waals surface area (Å²) in [5.74, 6) is 0.384. The fourth-order valence-electron chi connectivity index (χ4n) is 4.36. The van der Waals surface area contributed by atoms with Crippen molar-refractivity contribution in [2.45, 2.75) is 13.5 Å². The number of hydrogen-bond acceptors (Lipinski definition) is 5. The first-order valence-electron chi connectivity index (χ1n) is 10.6. The highest BCUT2D eigenvalue weighted by Gasteiger charge is 2.20. The van der Waals surface area contributed by atoms with Gasteiger partial charge in [-0.05, 0) is 48.4 Å². The molecule has 8 heteroatoms. The molecule has 1 aliphatic heterocycles. The predicted octanol–water partition coefficient (Wildman–Crippen LogP) is 5.16. The van der Waals surface area contributed by atoms with Crippen molar-refractivity contribution in [3.63, 3.8) is 0 Å². The number of halogens is 2. The molecule has 2 aromatic heterocycles. The number of hydrogen-bond donors (Lipinski definition) is 1. The van der Waals surface area contributed by atoms with Gasteiger partial charge in [-0.25, -0.2) is 23.7 Å². The molecule has 0 atom stereocenters. The summed E-state index contributed by atoms with van der Waals surface area (Å²) >= 11 is 0. The minimum absolute atomic E-state index is 0.362. The highest BCUT2D eigenvalue weighted by Crippen LogP contribution is 2.33. The van der Waals surface area contributed by atoms with Gasteiger partial charge in [0.1, 0.15) is 30.3 Å². The molecule has 6 nitrogen and oxygen atoms in total. The van der Waals surface area contributed by atoms with E-state index in [0.717, 1.165) is 51.4 Å². The van der Waals surface area contributed by atoms with Crippen LogP contribution in [0.25, 0.3) is 33.1 Å². The molecule has 33 heavy (non-hydrogen) atoms. The van der Waals surface area contributed by atoms with E-state index in [9.17, 15) is 8.78 Å². The summed E-state index contributed by atoms with van der Waals surface area (Å²) in [6, 6.07) is 14.5. The Balaban J connectivity index is 1.40. The van der Waals surface area contributed by atoms with Crippen LogP contribution in [-0.2, 0) is 6.54 Å². The molecule has 1 aliphatic rings. The number of ether oxygens (including phenoxy) is 1. The molecule has 3 aromatic carbocycles. The Morgan fingerprint density at radius 1 is 0.939 bits per heavy atom. The number of aromatic nitrogens is 4. The Kier molecular flexibility index (Phi) is 4.46. The molecule has 0 radical (unpaired) electrons. The van der Waals surface area contributed by atoms with Gasteiger partial charge >= 0.3 is 0 Å². The first kappa shape index (κ1) is 19.6. The van der Waals surface area contributed by atoms with E-state index in [4.69, 9.17) is 4.74 Å². The molecule has 0 saturated heterocycles. The quantitative estimate of drug-likeness (QED) is 0.408. The molecule has 5 aromatic rings. The van der Waals surface area contributed by atoms with E-state index >= 15 is 0 Å². The minimum atomic E-state index is -0.925. The molecule has 1 N–H and O–H groups in total. The molecular weight excluding hydrogens is 424 g/mol. The maximum atomic E-state index is 14.0. The molecule has 0 saturated carbocycles. The second-order valence-electron chi connectivity index (χ2n) is 8.13. The highest BCUT2D eigenvalue weighted by molar-refractivity contribution is 5.89. The number of aromatic amines is 1. The van der Waals surface area contributed by atoms with Gasteiger partial charge in [0.05, 0.1) is 23.1 Å². The van der Waals surface area contributed by atoms with Crippen LogP contribution in [0, 0.1) is 18.6 Å². The second-order valence-corrected chi connectivity index (χ2v) is 8.13. The SMILES string of the molecule is Cc1nc2ccc(-c3ccc4c(c3)CN(c3ncnc5cc(F)c(F)cc35)CCO4)cc2[nH]1. The van der Waals surface area contributed by atoms with Crippen molar-refractivity contribution < 1.29 is 13.5 Å². The van der Waals surface area contributed by atoms with E-state index in [-0.39, 0.29) is 0 Å². The average Bonchev–Trinajstić information content (AvgIpc) is 3.05. The third-order valence-electron chi connectivity index (χ3n) is 5.93. The summed E-state index contributed by atoms with van der Waals surface area (Å²) < 4.78 is 33.7. The van der Waals surface area contributed by atoms with Crippen molar-refractivity contribution in [3.05, 3.63) is 77.9 Å². The Hall–Kier alpha value is -4.07. The van der Waals surface area contributed by atoms with E-state index in [1.165, 1.54) is 6.33 Å². The van der Waals surface area contributed by atoms with Crippen LogP contribution in [0.5, 0.6) is 5.75 Å². The second kappa shape index (κ2) is 7.51. The van der Waals surface area contributed by atoms with E-state index in [0.29, 0.717) is 36.4 Å². The minimum Gasteiger partial charge on any atom is -0.491 e. The van der Waals surface area contributed by atoms with Crippen LogP contribution in [0.4, 0.5) is 14.6 Å². The van der Waals surface area contributed by atoms with Gasteiger partial charge in [-0.1, -0.05) is 12.1 Å². The lowest BCUT2D eigenvalue weighted by Gasteiger charge is -2.22. The van der Waals surface area contributed by atoms with Crippen LogP contribution in [0.1, 0.15) is 11.4 Å². The van der Waals surface area contributed by atoms with Gasteiger partial charge in [0, 0.05) is 23.6 Å². The monoisotopic (exact) mass is 443 g/mol. The topological polar surface area (TPSA) is 66.9 Å². The maximum Gasteiger partial charge on any atom is 0.161 e. The van der Waals surface area contributed by atoms with Crippen molar-refractivity contribution in [1.82, 2.24) is 19.9 Å². The highest BCUT2D eigenvalue weighted by atomic mass is 19.2. The first-order chi connectivity index (χ1) is 16.0. The van der Waals surface area contributed by atoms with Gasteiger partial charge in [-0.15, -0.1) is 0 Å². The number of fused-ring (bicyclic) bond motifs is 3. The molecule has 0 spiro atoms. The van der Waals surface area contributed by atoms with Crippen LogP contribution in [0.15, 0.2) is 54.9 Å². The van der Waals surface area contributed by atoms with E-state index in [1.54, 1.807) is 0 Å². The first-order valence-corrected chi connectivity index (χ1v) is 10.6. The number of benzene rings is 3. The molecule has 0 unspecified atom stereocenters. The summed E-state index contributed by atoms with van der Waals surface area (Å²) in [5.41, 5.74) is 5.38. The number of nitrogens with one attached hydrogen (secondary N) is 1. The Bertz CT molecular complexity index is 1530. The van der Waals surface area contributed by atoms with Crippen molar-refractivity contribution in [1.29, 1.82) is 0 Å². The largest absolute Gasteiger partial charge is 0.491 e. The lowest BCUT2D eigenvalue weighted by atomic mass is 10.0. The predicted molar refractivity (Wildman–Crippen MR) is 122 cm³/mol. The number of anilines is 1. The van der Waals surface area contributed by atoms with Gasteiger partial charge in [-0.3, -0.25) is 0 Å². The lowest BCUT2D eigenvalue weighted by molar-refractivity contribution is 0.331. The van der Waals surface area contributed by atoms with E-state index < -0.39 is 11.6 Å². The summed E-state index contributed by atoms with van der Waals surface area (Å²) in [5, 5.41) is 0.469. The third-order valence-corrected chi connectivity index (χ3v) is 5.93. The number of nitrogens with zero attached hydrogens (tertiary/aromatic N) is 4. The third kappa shape index (κ3) is 3.44. The fourth-order valence-corrected chi connectivity index (χ4v) is 4.36. The molecular formula is C25H19F2N5O. The Morgan fingerprint density at radius 2 is 1.76 bits per heavy atom. The number of H-pyrrole nitrogens is 1. The molecule has 3 heterocycles. The van der Waals surface area contributed by atoms with Gasteiger partial charge in [0.25, 0.3) is 0 Å². The summed E-state index contributed by atoms with van der Waals surface area (Å²) in [7, 11) is 0. The van der Waals surface area contributed by atoms with Crippen LogP contribution in [0.2, 0.25) is 0 Å². The van der Waals surface area contributed by atoms with Crippen molar-refractivity contribution in [2.75, 3.05) is 18.1 Å². The smallest absolute Gasteiger partial charge is 0.161 e. The molecule has 0 fully saturated rings. The molecule has 0 bridgehead atoms. The number of imidazole rings is 1. The van der Waals surface area contributed by atoms with Gasteiger partial charge < -0.3 is 14.6 Å². The lowest BCUT2D eigenvalue weighted by Crippen LogP contribution is -2.26. The number of aryl methyl sites for hydroxylation is 1. The molecule has 6 rings (SSSR count). The van der Waals surface area contributed by atoms with E-state index in [1.807, 2.05) is 30.0 Å². The van der Waals surface area contributed by atoms with Crippen LogP contribution in [0.3, 0.4) is 0 Å². The normalized spacial score (nSPS) is 13.7. The molecule has 164 valence electrons. The van der Waals surface area contributed by atoms with Gasteiger partial charge in [-0.2, -0.15) is 0 Å². The van der Waals surface area contributed by atoms with Crippen LogP contribution in [-0.4, -0.2) is 33.1 Å². The summed E-state index contributed by atoms with van der Waals surface area (Å²) in [6.07, 6.45) is 1.37. The van der Waals surface area contributed by atoms with Gasteiger partial charge in [0.15, 0.2) is 11.6 Å². The zero-order valence-electron chi connectivity index (χ0n) is 17.8. The van der Waals surface area contributed by atoms with Crippen molar-refractivity contribution in [3.8, 4) is 16.9 Å². The summed E-state index contributed by atoms with van der Waals surface area (Å²) in [6.45, 7) is 3.44. The zero-order chi connectivity index (χ0) is 22.5. The molecule has 0 amide bonds. The summed E-state index contributed by atoms with van der Waals surface area (Å²) in [4.78, 5) is 18.3. The van der Waals surface area contributed by atoms with Crippen molar-refractivity contribution in [2.24, 2.45) is 0 Å². The van der Waals surface area contributed by atoms with Crippen molar-refractivity contribution >= 4 is 27.8 Å². The number of rotatable bonds is 2.